The maximum atomic E-state index is 2.24. The molecule has 0 bridgehead atoms. The number of hydrogen-bond donors (Lipinski definition) is 0. The summed E-state index contributed by atoms with van der Waals surface area (Å²) < 4.78 is 1.56. The normalized spacial score (nSPS) is 13.3. The summed E-state index contributed by atoms with van der Waals surface area (Å²) in [5.41, 5.74) is 2.85. The van der Waals surface area contributed by atoms with E-state index in [1.807, 2.05) is 26.0 Å². The molecule has 75 valence electrons. The summed E-state index contributed by atoms with van der Waals surface area (Å²) in [4.78, 5) is 2.00. The van der Waals surface area contributed by atoms with Crippen LogP contribution in [0.25, 0.3) is 4.41 Å². The number of allylic oxidation sites excluding steroid dienone is 1. The molecular weight excluding hydrogens is 231 g/mol. The number of rotatable bonds is 0. The second-order valence-electron chi connectivity index (χ2n) is 3.95. The maximum absolute atomic E-state index is 2.24. The molecule has 1 radical (unpaired) electrons. The van der Waals surface area contributed by atoms with Gasteiger partial charge in [-0.15, -0.1) is 0 Å². The van der Waals surface area contributed by atoms with Crippen molar-refractivity contribution in [2.45, 2.75) is 0 Å². The molecule has 1 aliphatic rings. The number of nitrogens with zero attached hydrogens (tertiary/aromatic N) is 1. The average molecular weight is 249 g/mol. The van der Waals surface area contributed by atoms with Crippen molar-refractivity contribution in [2.75, 3.05) is 21.1 Å². The van der Waals surface area contributed by atoms with Gasteiger partial charge in [0.1, 0.15) is 0 Å². The van der Waals surface area contributed by atoms with E-state index in [4.69, 9.17) is 0 Å². The summed E-state index contributed by atoms with van der Waals surface area (Å²) in [5.74, 6) is 0. The third-order valence-electron chi connectivity index (χ3n) is 1.90. The van der Waals surface area contributed by atoms with Crippen LogP contribution in [0.5, 0.6) is 0 Å². The monoisotopic (exact) mass is 250 g/mol. The van der Waals surface area contributed by atoms with Gasteiger partial charge in [-0.05, 0) is 21.1 Å². The fraction of sp³-hybridized carbons (Fsp3) is 0.250. The summed E-state index contributed by atoms with van der Waals surface area (Å²) in [6.07, 6.45) is 4.45. The van der Waals surface area contributed by atoms with Crippen LogP contribution in [0.3, 0.4) is 0 Å². The van der Waals surface area contributed by atoms with Crippen molar-refractivity contribution >= 4 is 20.9 Å². The van der Waals surface area contributed by atoms with E-state index in [0.717, 1.165) is 16.5 Å². The minimum atomic E-state index is 0.816. The molecular formula is C12H18GeN. The molecule has 0 N–H and O–H groups in total. The van der Waals surface area contributed by atoms with Crippen LogP contribution in [0.2, 0.25) is 0 Å². The summed E-state index contributed by atoms with van der Waals surface area (Å²) in [6, 6.07) is 8.58. The van der Waals surface area contributed by atoms with Crippen LogP contribution in [-0.4, -0.2) is 42.6 Å². The van der Waals surface area contributed by atoms with Gasteiger partial charge in [-0.2, -0.15) is 0 Å². The predicted molar refractivity (Wildman–Crippen MR) is 67.4 cm³/mol. The van der Waals surface area contributed by atoms with Gasteiger partial charge >= 0.3 is 68.8 Å². The molecule has 1 aromatic carbocycles. The van der Waals surface area contributed by atoms with Crippen molar-refractivity contribution in [3.8, 4) is 0 Å². The Labute approximate surface area is 95.0 Å². The second kappa shape index (κ2) is 5.37. The van der Waals surface area contributed by atoms with Crippen LogP contribution in [0.4, 0.5) is 0 Å². The molecule has 2 heteroatoms. The van der Waals surface area contributed by atoms with Crippen molar-refractivity contribution in [1.82, 2.24) is 4.90 Å². The standard InChI is InChI=1S/C9H9Ge.C3H9N/c10-9-6-5-7-3-1-2-4-8(7)9;1-4(2)3/h1-6H,10H3;1-3H3. The van der Waals surface area contributed by atoms with Crippen LogP contribution in [0, 0.1) is 6.42 Å². The van der Waals surface area contributed by atoms with Gasteiger partial charge in [-0.25, -0.2) is 0 Å². The first-order valence-corrected chi connectivity index (χ1v) is 6.93. The minimum absolute atomic E-state index is 0.816. The van der Waals surface area contributed by atoms with E-state index in [0.29, 0.717) is 0 Å². The number of fused-ring (bicyclic) bond motifs is 1. The van der Waals surface area contributed by atoms with E-state index in [1.54, 1.807) is 4.41 Å². The van der Waals surface area contributed by atoms with Gasteiger partial charge in [-0.1, -0.05) is 0 Å². The molecule has 0 saturated heterocycles. The Morgan fingerprint density at radius 1 is 1.07 bits per heavy atom. The molecule has 0 aromatic heterocycles. The molecule has 14 heavy (non-hydrogen) atoms. The van der Waals surface area contributed by atoms with Crippen LogP contribution in [-0.2, 0) is 0 Å². The van der Waals surface area contributed by atoms with Crippen molar-refractivity contribution in [1.29, 1.82) is 0 Å². The molecule has 0 fully saturated rings. The molecule has 0 amide bonds. The SMILES string of the molecule is CN(C)C.[GeH3][C]1=C[CH]c2ccccc21. The van der Waals surface area contributed by atoms with E-state index in [9.17, 15) is 0 Å². The molecule has 2 rings (SSSR count). The number of hydrogen-bond acceptors (Lipinski definition) is 1. The average Bonchev–Trinajstić information content (AvgIpc) is 2.48. The Morgan fingerprint density at radius 3 is 2.21 bits per heavy atom. The molecule has 0 saturated carbocycles. The fourth-order valence-corrected chi connectivity index (χ4v) is 2.61. The zero-order chi connectivity index (χ0) is 10.6. The predicted octanol–water partition coefficient (Wildman–Crippen LogP) is 1.14. The summed E-state index contributed by atoms with van der Waals surface area (Å²) in [6.45, 7) is 0. The Hall–Kier alpha value is -0.537. The van der Waals surface area contributed by atoms with E-state index >= 15 is 0 Å². The van der Waals surface area contributed by atoms with Gasteiger partial charge < -0.3 is 4.90 Å². The molecule has 1 nitrogen and oxygen atoms in total. The number of benzene rings is 1. The molecule has 1 aliphatic carbocycles. The van der Waals surface area contributed by atoms with Gasteiger partial charge in [0, 0.05) is 0 Å². The van der Waals surface area contributed by atoms with Gasteiger partial charge in [-0.3, -0.25) is 0 Å². The topological polar surface area (TPSA) is 3.24 Å². The molecule has 0 heterocycles. The zero-order valence-electron chi connectivity index (χ0n) is 9.41. The quantitative estimate of drug-likeness (QED) is 0.623. The van der Waals surface area contributed by atoms with Crippen LogP contribution in [0.1, 0.15) is 11.1 Å². The summed E-state index contributed by atoms with van der Waals surface area (Å²) in [5, 5.41) is 0. The second-order valence-corrected chi connectivity index (χ2v) is 6.21. The van der Waals surface area contributed by atoms with Gasteiger partial charge in [0.15, 0.2) is 0 Å². The van der Waals surface area contributed by atoms with Crippen molar-refractivity contribution in [3.63, 3.8) is 0 Å². The zero-order valence-corrected chi connectivity index (χ0v) is 13.6. The van der Waals surface area contributed by atoms with Crippen molar-refractivity contribution < 1.29 is 0 Å². The van der Waals surface area contributed by atoms with Gasteiger partial charge in [0.25, 0.3) is 0 Å². The van der Waals surface area contributed by atoms with Gasteiger partial charge in [0.2, 0.25) is 0 Å². The Balaban J connectivity index is 0.000000213. The van der Waals surface area contributed by atoms with Crippen LogP contribution < -0.4 is 0 Å². The molecule has 1 aromatic rings. The molecule has 0 atom stereocenters. The van der Waals surface area contributed by atoms with Gasteiger partial charge in [0.05, 0.1) is 0 Å². The summed E-state index contributed by atoms with van der Waals surface area (Å²) in [7, 11) is 6.00. The molecule has 0 unspecified atom stereocenters. The Bertz CT molecular complexity index is 326. The van der Waals surface area contributed by atoms with Crippen molar-refractivity contribution in [3.05, 3.63) is 47.9 Å². The van der Waals surface area contributed by atoms with E-state index < -0.39 is 0 Å². The Kier molecular flexibility index (Phi) is 4.43. The third-order valence-corrected chi connectivity index (χ3v) is 3.73. The van der Waals surface area contributed by atoms with E-state index in [1.165, 1.54) is 11.1 Å². The first-order chi connectivity index (χ1) is 6.61. The van der Waals surface area contributed by atoms with E-state index in [2.05, 4.69) is 36.8 Å². The molecule has 0 spiro atoms. The Morgan fingerprint density at radius 2 is 1.64 bits per heavy atom. The fourth-order valence-electron chi connectivity index (χ4n) is 1.31. The van der Waals surface area contributed by atoms with E-state index in [-0.39, 0.29) is 0 Å². The van der Waals surface area contributed by atoms with Crippen LogP contribution >= 0.6 is 0 Å². The third kappa shape index (κ3) is 3.31. The summed E-state index contributed by atoms with van der Waals surface area (Å²) >= 11 is 0.816. The molecule has 0 aliphatic heterocycles. The van der Waals surface area contributed by atoms with Crippen LogP contribution in [0.15, 0.2) is 30.3 Å². The first kappa shape index (κ1) is 11.5. The first-order valence-electron chi connectivity index (χ1n) is 4.83. The van der Waals surface area contributed by atoms with Crippen molar-refractivity contribution in [2.24, 2.45) is 0 Å².